The van der Waals surface area contributed by atoms with Gasteiger partial charge in [-0.25, -0.2) is 0 Å². The minimum atomic E-state index is -0.359. The average molecular weight is 465 g/mol. The number of nitrogens with one attached hydrogen (secondary N) is 1. The molecule has 2 heterocycles. The molecule has 30 heavy (non-hydrogen) atoms. The third kappa shape index (κ3) is 5.38. The van der Waals surface area contributed by atoms with Crippen LogP contribution in [0.4, 0.5) is 5.13 Å². The molecule has 0 saturated heterocycles. The smallest absolute Gasteiger partial charge is 0.236 e. The van der Waals surface area contributed by atoms with Crippen LogP contribution in [0.15, 0.2) is 35.5 Å². The van der Waals surface area contributed by atoms with E-state index in [0.29, 0.717) is 28.4 Å². The minimum absolute atomic E-state index is 0.166. The Morgan fingerprint density at radius 1 is 1.37 bits per heavy atom. The van der Waals surface area contributed by atoms with Crippen molar-refractivity contribution in [1.82, 2.24) is 25.0 Å². The lowest BCUT2D eigenvalue weighted by Crippen LogP contribution is -2.15. The molecule has 0 aliphatic heterocycles. The number of aryl methyl sites for hydroxylation is 2. The summed E-state index contributed by atoms with van der Waals surface area (Å²) in [5.41, 5.74) is 3.45. The number of halogens is 1. The molecule has 1 amide bonds. The molecule has 3 aromatic rings. The lowest BCUT2D eigenvalue weighted by atomic mass is 10.1. The molecule has 0 aliphatic rings. The molecular formula is C19H21ClN6O2S2. The number of hydrogen-bond acceptors (Lipinski definition) is 8. The van der Waals surface area contributed by atoms with Gasteiger partial charge >= 0.3 is 0 Å². The number of hydrogen-bond donors (Lipinski definition) is 1. The third-order valence-electron chi connectivity index (χ3n) is 4.08. The SMILES string of the molecule is C=CCn1c(SCC(=O)Nc2nncs2)nnc1C(C)Oc1cc(C)c(Cl)c(C)c1. The zero-order chi connectivity index (χ0) is 21.7. The fourth-order valence-corrected chi connectivity index (χ4v) is 4.08. The predicted octanol–water partition coefficient (Wildman–Crippen LogP) is 4.46. The van der Waals surface area contributed by atoms with E-state index in [0.717, 1.165) is 16.1 Å². The summed E-state index contributed by atoms with van der Waals surface area (Å²) >= 11 is 8.79. The van der Waals surface area contributed by atoms with Gasteiger partial charge in [-0.1, -0.05) is 40.8 Å². The van der Waals surface area contributed by atoms with Crippen molar-refractivity contribution < 1.29 is 9.53 Å². The fraction of sp³-hybridized carbons (Fsp3) is 0.316. The molecule has 1 unspecified atom stereocenters. The Kier molecular flexibility index (Phi) is 7.46. The summed E-state index contributed by atoms with van der Waals surface area (Å²) in [6, 6.07) is 3.79. The van der Waals surface area contributed by atoms with Gasteiger partial charge < -0.3 is 4.74 Å². The van der Waals surface area contributed by atoms with Gasteiger partial charge in [0, 0.05) is 11.6 Å². The van der Waals surface area contributed by atoms with Crippen LogP contribution in [0.1, 0.15) is 30.0 Å². The summed E-state index contributed by atoms with van der Waals surface area (Å²) < 4.78 is 7.98. The number of anilines is 1. The maximum absolute atomic E-state index is 12.1. The van der Waals surface area contributed by atoms with Crippen molar-refractivity contribution in [3.8, 4) is 5.75 Å². The van der Waals surface area contributed by atoms with Gasteiger partial charge in [0.2, 0.25) is 11.0 Å². The largest absolute Gasteiger partial charge is 0.483 e. The molecule has 1 aromatic carbocycles. The molecule has 0 aliphatic carbocycles. The Morgan fingerprint density at radius 2 is 2.10 bits per heavy atom. The van der Waals surface area contributed by atoms with E-state index >= 15 is 0 Å². The van der Waals surface area contributed by atoms with Crippen LogP contribution in [0.5, 0.6) is 5.75 Å². The Balaban J connectivity index is 1.71. The lowest BCUT2D eigenvalue weighted by Gasteiger charge is -2.17. The van der Waals surface area contributed by atoms with Crippen LogP contribution < -0.4 is 10.1 Å². The van der Waals surface area contributed by atoms with Gasteiger partial charge in [-0.05, 0) is 44.0 Å². The molecule has 158 valence electrons. The predicted molar refractivity (Wildman–Crippen MR) is 119 cm³/mol. The Labute approximate surface area is 187 Å². The summed E-state index contributed by atoms with van der Waals surface area (Å²) in [6.07, 6.45) is 1.39. The number of benzene rings is 1. The Morgan fingerprint density at radius 3 is 2.73 bits per heavy atom. The maximum atomic E-state index is 12.1. The fourth-order valence-electron chi connectivity index (χ4n) is 2.75. The Bertz CT molecular complexity index is 1010. The molecule has 0 fully saturated rings. The number of ether oxygens (including phenoxy) is 1. The van der Waals surface area contributed by atoms with E-state index in [1.54, 1.807) is 11.6 Å². The zero-order valence-corrected chi connectivity index (χ0v) is 19.1. The Hall–Kier alpha value is -2.43. The highest BCUT2D eigenvalue weighted by atomic mass is 35.5. The molecular weight excluding hydrogens is 444 g/mol. The first kappa shape index (κ1) is 22.3. The highest BCUT2D eigenvalue weighted by molar-refractivity contribution is 7.99. The van der Waals surface area contributed by atoms with Crippen molar-refractivity contribution in [3.05, 3.63) is 52.3 Å². The quantitative estimate of drug-likeness (QED) is 0.369. The minimum Gasteiger partial charge on any atom is -0.483 e. The van der Waals surface area contributed by atoms with Gasteiger partial charge in [0.1, 0.15) is 11.3 Å². The topological polar surface area (TPSA) is 94.8 Å². The molecule has 0 saturated carbocycles. The first-order valence-corrected chi connectivity index (χ1v) is 11.3. The summed E-state index contributed by atoms with van der Waals surface area (Å²) in [4.78, 5) is 12.1. The van der Waals surface area contributed by atoms with Gasteiger partial charge in [0.05, 0.1) is 5.75 Å². The molecule has 0 radical (unpaired) electrons. The van der Waals surface area contributed by atoms with Crippen molar-refractivity contribution in [2.45, 2.75) is 38.6 Å². The molecule has 1 N–H and O–H groups in total. The second kappa shape index (κ2) is 10.1. The van der Waals surface area contributed by atoms with Crippen LogP contribution in [-0.2, 0) is 11.3 Å². The van der Waals surface area contributed by atoms with Gasteiger partial charge in [-0.2, -0.15) is 0 Å². The molecule has 2 aromatic heterocycles. The van der Waals surface area contributed by atoms with E-state index in [2.05, 4.69) is 32.3 Å². The van der Waals surface area contributed by atoms with Crippen molar-refractivity contribution in [2.75, 3.05) is 11.1 Å². The second-order valence-electron chi connectivity index (χ2n) is 6.45. The van der Waals surface area contributed by atoms with Gasteiger partial charge in [0.15, 0.2) is 17.1 Å². The number of rotatable bonds is 9. The highest BCUT2D eigenvalue weighted by Gasteiger charge is 2.20. The zero-order valence-electron chi connectivity index (χ0n) is 16.8. The molecule has 1 atom stereocenters. The summed E-state index contributed by atoms with van der Waals surface area (Å²) in [5, 5.41) is 20.5. The molecule has 11 heteroatoms. The van der Waals surface area contributed by atoms with Crippen molar-refractivity contribution in [3.63, 3.8) is 0 Å². The second-order valence-corrected chi connectivity index (χ2v) is 8.61. The first-order valence-electron chi connectivity index (χ1n) is 9.05. The number of nitrogens with zero attached hydrogens (tertiary/aromatic N) is 5. The van der Waals surface area contributed by atoms with Crippen LogP contribution in [-0.4, -0.2) is 36.6 Å². The van der Waals surface area contributed by atoms with Crippen LogP contribution in [0, 0.1) is 13.8 Å². The third-order valence-corrected chi connectivity index (χ3v) is 6.25. The number of carbonyl (C=O) groups is 1. The van der Waals surface area contributed by atoms with Gasteiger partial charge in [-0.15, -0.1) is 27.0 Å². The normalized spacial score (nSPS) is 11.9. The van der Waals surface area contributed by atoms with Crippen molar-refractivity contribution >= 4 is 45.7 Å². The molecule has 0 bridgehead atoms. The van der Waals surface area contributed by atoms with E-state index in [-0.39, 0.29) is 17.8 Å². The molecule has 8 nitrogen and oxygen atoms in total. The number of amides is 1. The lowest BCUT2D eigenvalue weighted by molar-refractivity contribution is -0.113. The number of allylic oxidation sites excluding steroid dienone is 1. The van der Waals surface area contributed by atoms with E-state index in [1.807, 2.05) is 37.5 Å². The molecule has 0 spiro atoms. The standard InChI is InChI=1S/C19H21ClN6O2S2/c1-5-6-26-17(13(4)28-14-7-11(2)16(20)12(3)8-14)23-25-19(26)29-9-15(27)22-18-24-21-10-30-18/h5,7-8,10,13H,1,6,9H2,2-4H3,(H,22,24,27). The average Bonchev–Trinajstić information content (AvgIpc) is 3.34. The van der Waals surface area contributed by atoms with Crippen LogP contribution >= 0.6 is 34.7 Å². The molecule has 3 rings (SSSR count). The van der Waals surface area contributed by atoms with Crippen LogP contribution in [0.25, 0.3) is 0 Å². The number of aromatic nitrogens is 5. The van der Waals surface area contributed by atoms with Crippen LogP contribution in [0.2, 0.25) is 5.02 Å². The van der Waals surface area contributed by atoms with Gasteiger partial charge in [0.25, 0.3) is 0 Å². The van der Waals surface area contributed by atoms with Crippen LogP contribution in [0.3, 0.4) is 0 Å². The first-order chi connectivity index (χ1) is 14.4. The van der Waals surface area contributed by atoms with E-state index < -0.39 is 0 Å². The van der Waals surface area contributed by atoms with Crippen molar-refractivity contribution in [1.29, 1.82) is 0 Å². The maximum Gasteiger partial charge on any atom is 0.236 e. The summed E-state index contributed by atoms with van der Waals surface area (Å²) in [7, 11) is 0. The van der Waals surface area contributed by atoms with Crippen molar-refractivity contribution in [2.24, 2.45) is 0 Å². The van der Waals surface area contributed by atoms with Gasteiger partial charge in [-0.3, -0.25) is 14.7 Å². The number of thioether (sulfide) groups is 1. The van der Waals surface area contributed by atoms with E-state index in [1.165, 1.54) is 23.1 Å². The highest BCUT2D eigenvalue weighted by Crippen LogP contribution is 2.29. The summed E-state index contributed by atoms with van der Waals surface area (Å²) in [6.45, 7) is 10.1. The monoisotopic (exact) mass is 464 g/mol. The van der Waals surface area contributed by atoms with E-state index in [9.17, 15) is 4.79 Å². The number of carbonyl (C=O) groups excluding carboxylic acids is 1. The summed E-state index contributed by atoms with van der Waals surface area (Å²) in [5.74, 6) is 1.33. The van der Waals surface area contributed by atoms with E-state index in [4.69, 9.17) is 16.3 Å².